The van der Waals surface area contributed by atoms with Crippen LogP contribution in [0.1, 0.15) is 24.0 Å². The smallest absolute Gasteiger partial charge is 0.225 e. The third-order valence-electron chi connectivity index (χ3n) is 6.41. The standard InChI is InChI=1S/C27H27FN2O2/c28-24-13-7-6-12-23(24)22-11-5-4-10-21(22)18-27(26(29)32)16-17-30(19-27)25(31)15-14-20-8-2-1-3-9-20/h1-13H,14-19H2,(H2,29,32)/t27-/m1/s1. The van der Waals surface area contributed by atoms with Crippen molar-refractivity contribution >= 4 is 11.8 Å². The molecule has 3 aromatic carbocycles. The molecule has 4 rings (SSSR count). The van der Waals surface area contributed by atoms with Gasteiger partial charge in [-0.1, -0.05) is 72.8 Å². The molecule has 0 spiro atoms. The van der Waals surface area contributed by atoms with Crippen LogP contribution in [0.4, 0.5) is 4.39 Å². The summed E-state index contributed by atoms with van der Waals surface area (Å²) >= 11 is 0. The van der Waals surface area contributed by atoms with E-state index in [1.807, 2.05) is 54.6 Å². The van der Waals surface area contributed by atoms with Crippen LogP contribution in [-0.2, 0) is 22.4 Å². The number of nitrogens with two attached hydrogens (primary N) is 1. The number of benzene rings is 3. The van der Waals surface area contributed by atoms with Crippen LogP contribution < -0.4 is 5.73 Å². The van der Waals surface area contributed by atoms with Crippen LogP contribution in [0.3, 0.4) is 0 Å². The summed E-state index contributed by atoms with van der Waals surface area (Å²) in [5.41, 5.74) is 8.23. The molecule has 1 aliphatic heterocycles. The van der Waals surface area contributed by atoms with Gasteiger partial charge in [0.05, 0.1) is 5.41 Å². The zero-order chi connectivity index (χ0) is 22.6. The zero-order valence-corrected chi connectivity index (χ0v) is 18.0. The molecule has 3 aromatic rings. The van der Waals surface area contributed by atoms with E-state index in [9.17, 15) is 14.0 Å². The van der Waals surface area contributed by atoms with E-state index in [0.717, 1.165) is 16.7 Å². The monoisotopic (exact) mass is 430 g/mol. The van der Waals surface area contributed by atoms with Gasteiger partial charge in [-0.05, 0) is 42.0 Å². The molecule has 164 valence electrons. The van der Waals surface area contributed by atoms with Crippen LogP contribution in [0, 0.1) is 11.2 Å². The minimum atomic E-state index is -0.857. The van der Waals surface area contributed by atoms with Crippen molar-refractivity contribution in [3.63, 3.8) is 0 Å². The molecule has 0 bridgehead atoms. The summed E-state index contributed by atoms with van der Waals surface area (Å²) in [4.78, 5) is 27.2. The van der Waals surface area contributed by atoms with Crippen LogP contribution >= 0.6 is 0 Å². The van der Waals surface area contributed by atoms with Crippen LogP contribution in [0.5, 0.6) is 0 Å². The summed E-state index contributed by atoms with van der Waals surface area (Å²) in [6, 6.07) is 24.0. The molecule has 4 nitrogen and oxygen atoms in total. The Bertz CT molecular complexity index is 1120. The Morgan fingerprint density at radius 1 is 0.906 bits per heavy atom. The first-order valence-corrected chi connectivity index (χ1v) is 10.9. The Labute approximate surface area is 187 Å². The molecular formula is C27H27FN2O2. The van der Waals surface area contributed by atoms with E-state index >= 15 is 0 Å². The first-order valence-electron chi connectivity index (χ1n) is 10.9. The molecule has 2 N–H and O–H groups in total. The van der Waals surface area contributed by atoms with Gasteiger partial charge in [-0.3, -0.25) is 9.59 Å². The average Bonchev–Trinajstić information content (AvgIpc) is 3.25. The van der Waals surface area contributed by atoms with Gasteiger partial charge in [-0.2, -0.15) is 0 Å². The number of primary amides is 1. The van der Waals surface area contributed by atoms with E-state index < -0.39 is 11.3 Å². The van der Waals surface area contributed by atoms with Gasteiger partial charge in [0.1, 0.15) is 5.82 Å². The van der Waals surface area contributed by atoms with Gasteiger partial charge < -0.3 is 10.6 Å². The van der Waals surface area contributed by atoms with Gasteiger partial charge in [-0.25, -0.2) is 4.39 Å². The van der Waals surface area contributed by atoms with Gasteiger partial charge in [0.25, 0.3) is 0 Å². The van der Waals surface area contributed by atoms with Crippen molar-refractivity contribution in [2.45, 2.75) is 25.7 Å². The summed E-state index contributed by atoms with van der Waals surface area (Å²) < 4.78 is 14.5. The maximum Gasteiger partial charge on any atom is 0.225 e. The molecule has 5 heteroatoms. The highest BCUT2D eigenvalue weighted by molar-refractivity contribution is 5.85. The first-order chi connectivity index (χ1) is 15.5. The maximum absolute atomic E-state index is 14.5. The second kappa shape index (κ2) is 9.35. The lowest BCUT2D eigenvalue weighted by Gasteiger charge is -2.27. The fourth-order valence-corrected chi connectivity index (χ4v) is 4.55. The molecule has 1 heterocycles. The highest BCUT2D eigenvalue weighted by Gasteiger charge is 2.45. The number of rotatable bonds is 7. The summed E-state index contributed by atoms with van der Waals surface area (Å²) in [7, 11) is 0. The van der Waals surface area contributed by atoms with Crippen molar-refractivity contribution in [1.82, 2.24) is 4.90 Å². The lowest BCUT2D eigenvalue weighted by molar-refractivity contribution is -0.132. The van der Waals surface area contributed by atoms with E-state index in [4.69, 9.17) is 5.73 Å². The van der Waals surface area contributed by atoms with Crippen LogP contribution in [0.25, 0.3) is 11.1 Å². The minimum absolute atomic E-state index is 0.0272. The maximum atomic E-state index is 14.5. The van der Waals surface area contributed by atoms with Crippen LogP contribution in [-0.4, -0.2) is 29.8 Å². The predicted octanol–water partition coefficient (Wildman–Crippen LogP) is 4.37. The van der Waals surface area contributed by atoms with Crippen molar-refractivity contribution in [2.75, 3.05) is 13.1 Å². The summed E-state index contributed by atoms with van der Waals surface area (Å²) in [6.07, 6.45) is 1.93. The third-order valence-corrected chi connectivity index (χ3v) is 6.41. The van der Waals surface area contributed by atoms with Gasteiger partial charge in [-0.15, -0.1) is 0 Å². The fourth-order valence-electron chi connectivity index (χ4n) is 4.55. The molecular weight excluding hydrogens is 403 g/mol. The normalized spacial score (nSPS) is 18.0. The number of hydrogen-bond acceptors (Lipinski definition) is 2. The first kappa shape index (κ1) is 21.8. The predicted molar refractivity (Wildman–Crippen MR) is 123 cm³/mol. The number of carbonyl (C=O) groups is 2. The number of aryl methyl sites for hydroxylation is 1. The highest BCUT2D eigenvalue weighted by Crippen LogP contribution is 2.37. The Morgan fingerprint density at radius 2 is 1.56 bits per heavy atom. The Balaban J connectivity index is 1.52. The van der Waals surface area contributed by atoms with Crippen molar-refractivity contribution in [3.8, 4) is 11.1 Å². The minimum Gasteiger partial charge on any atom is -0.369 e. The SMILES string of the molecule is NC(=O)[C@@]1(Cc2ccccc2-c2ccccc2F)CCN(C(=O)CCc2ccccc2)C1. The molecule has 0 unspecified atom stereocenters. The summed E-state index contributed by atoms with van der Waals surface area (Å²) in [6.45, 7) is 0.792. The van der Waals surface area contributed by atoms with E-state index in [2.05, 4.69) is 0 Å². The number of carbonyl (C=O) groups excluding carboxylic acids is 2. The number of hydrogen-bond donors (Lipinski definition) is 1. The quantitative estimate of drug-likeness (QED) is 0.605. The molecule has 0 aliphatic carbocycles. The van der Waals surface area contributed by atoms with Crippen LogP contribution in [0.2, 0.25) is 0 Å². The molecule has 0 aromatic heterocycles. The van der Waals surface area contributed by atoms with Crippen molar-refractivity contribution < 1.29 is 14.0 Å². The molecule has 2 amide bonds. The molecule has 0 saturated carbocycles. The van der Waals surface area contributed by atoms with Crippen molar-refractivity contribution in [1.29, 1.82) is 0 Å². The van der Waals surface area contributed by atoms with Crippen molar-refractivity contribution in [2.24, 2.45) is 11.1 Å². The second-order valence-electron chi connectivity index (χ2n) is 8.51. The Kier molecular flexibility index (Phi) is 6.35. The van der Waals surface area contributed by atoms with E-state index in [-0.39, 0.29) is 11.7 Å². The molecule has 1 aliphatic rings. The largest absolute Gasteiger partial charge is 0.369 e. The average molecular weight is 431 g/mol. The number of amides is 2. The highest BCUT2D eigenvalue weighted by atomic mass is 19.1. The van der Waals surface area contributed by atoms with Crippen LogP contribution in [0.15, 0.2) is 78.9 Å². The number of nitrogens with zero attached hydrogens (tertiary/aromatic N) is 1. The number of halogens is 1. The molecule has 1 atom stereocenters. The van der Waals surface area contributed by atoms with Gasteiger partial charge in [0.15, 0.2) is 0 Å². The van der Waals surface area contributed by atoms with E-state index in [0.29, 0.717) is 44.3 Å². The molecule has 0 radical (unpaired) electrons. The second-order valence-corrected chi connectivity index (χ2v) is 8.51. The van der Waals surface area contributed by atoms with Gasteiger partial charge in [0.2, 0.25) is 11.8 Å². The lowest BCUT2D eigenvalue weighted by Crippen LogP contribution is -2.42. The van der Waals surface area contributed by atoms with Gasteiger partial charge in [0, 0.05) is 25.1 Å². The zero-order valence-electron chi connectivity index (χ0n) is 18.0. The third kappa shape index (κ3) is 4.57. The lowest BCUT2D eigenvalue weighted by atomic mass is 9.78. The summed E-state index contributed by atoms with van der Waals surface area (Å²) in [5, 5.41) is 0. The summed E-state index contributed by atoms with van der Waals surface area (Å²) in [5.74, 6) is -0.698. The number of likely N-dealkylation sites (tertiary alicyclic amines) is 1. The molecule has 1 saturated heterocycles. The Morgan fingerprint density at radius 3 is 2.28 bits per heavy atom. The topological polar surface area (TPSA) is 63.4 Å². The molecule has 1 fully saturated rings. The van der Waals surface area contributed by atoms with E-state index in [1.165, 1.54) is 6.07 Å². The fraction of sp³-hybridized carbons (Fsp3) is 0.259. The molecule has 32 heavy (non-hydrogen) atoms. The Hall–Kier alpha value is -3.47. The van der Waals surface area contributed by atoms with E-state index in [1.54, 1.807) is 23.1 Å². The van der Waals surface area contributed by atoms with Crippen molar-refractivity contribution in [3.05, 3.63) is 95.8 Å². The van der Waals surface area contributed by atoms with Gasteiger partial charge >= 0.3 is 0 Å².